The lowest BCUT2D eigenvalue weighted by Crippen LogP contribution is -2.68. The van der Waals surface area contributed by atoms with Crippen LogP contribution in [-0.4, -0.2) is 84.9 Å². The molecule has 13 heteroatoms. The third-order valence-corrected chi connectivity index (χ3v) is 20.6. The highest BCUT2D eigenvalue weighted by molar-refractivity contribution is 6.30. The van der Waals surface area contributed by atoms with Crippen LogP contribution in [0.1, 0.15) is 170 Å². The summed E-state index contributed by atoms with van der Waals surface area (Å²) in [6.45, 7) is 27.1. The van der Waals surface area contributed by atoms with Gasteiger partial charge in [0.2, 0.25) is 5.91 Å². The topological polar surface area (TPSA) is 152 Å². The molecule has 8 rings (SSSR count). The van der Waals surface area contributed by atoms with Crippen LogP contribution in [0.25, 0.3) is 0 Å². The first-order valence-corrected chi connectivity index (χ1v) is 26.8. The van der Waals surface area contributed by atoms with Crippen molar-refractivity contribution in [1.82, 2.24) is 21.0 Å². The third kappa shape index (κ3) is 8.67. The summed E-state index contributed by atoms with van der Waals surface area (Å²) in [5, 5.41) is 6.99. The van der Waals surface area contributed by atoms with E-state index in [-0.39, 0.29) is 81.5 Å². The van der Waals surface area contributed by atoms with E-state index in [0.717, 1.165) is 75.7 Å². The number of likely N-dealkylation sites (tertiary alicyclic amines) is 1. The Labute approximate surface area is 417 Å². The number of benzene rings is 1. The van der Waals surface area contributed by atoms with Gasteiger partial charge in [-0.1, -0.05) is 80.3 Å². The van der Waals surface area contributed by atoms with Gasteiger partial charge in [-0.15, -0.1) is 0 Å². The van der Waals surface area contributed by atoms with Gasteiger partial charge in [0.1, 0.15) is 24.0 Å². The van der Waals surface area contributed by atoms with Crippen LogP contribution in [0.4, 0.5) is 0 Å². The van der Waals surface area contributed by atoms with Gasteiger partial charge in [-0.2, -0.15) is 5.48 Å². The SMILES string of the molecule is CNOC(=O)[C@@H]1C[C@H](C(=O)O[C@H]2CC[C@]3(C)[C@H]4CC[C@@H]5C6=C(C(C)C)C(=O)C[C@]6(NC(=O)C(C)(C)NC(=O)c6ccc(Cl)cc6OCCN6CCCCC6)CC[C@@]5(C)[C@]4(C)CC[C@H]3C2(C)C)C1(C)C. The first kappa shape index (κ1) is 51.9. The molecule has 0 spiro atoms. The number of carbonyl (C=O) groups excluding carboxylic acids is 5. The first-order valence-electron chi connectivity index (χ1n) is 26.4. The molecule has 1 aliphatic heterocycles. The van der Waals surface area contributed by atoms with E-state index < -0.39 is 22.4 Å². The Hall–Kier alpha value is -3.48. The Kier molecular flexibility index (Phi) is 13.9. The maximum absolute atomic E-state index is 14.8. The molecular formula is C56H83ClN4O8. The summed E-state index contributed by atoms with van der Waals surface area (Å²) < 4.78 is 12.7. The number of allylic oxidation sites excluding steroid dienone is 1. The average molecular weight is 976 g/mol. The normalized spacial score (nSPS) is 35.9. The van der Waals surface area contributed by atoms with Gasteiger partial charge in [-0.05, 0) is 172 Å². The molecule has 382 valence electrons. The molecule has 2 amide bonds. The molecule has 1 aromatic rings. The van der Waals surface area contributed by atoms with Crippen LogP contribution in [0.3, 0.4) is 0 Å². The van der Waals surface area contributed by atoms with E-state index in [1.165, 1.54) is 19.3 Å². The molecule has 1 saturated heterocycles. The number of halogens is 1. The number of esters is 1. The zero-order valence-electron chi connectivity index (χ0n) is 43.9. The van der Waals surface area contributed by atoms with Crippen molar-refractivity contribution in [2.24, 2.45) is 62.6 Å². The monoisotopic (exact) mass is 975 g/mol. The lowest BCUT2D eigenvalue weighted by Gasteiger charge is -2.72. The maximum Gasteiger partial charge on any atom is 0.328 e. The smallest absolute Gasteiger partial charge is 0.328 e. The number of nitrogens with zero attached hydrogens (tertiary/aromatic N) is 1. The Morgan fingerprint density at radius 2 is 1.54 bits per heavy atom. The number of piperidine rings is 1. The minimum absolute atomic E-state index is 0.00397. The summed E-state index contributed by atoms with van der Waals surface area (Å²) in [6, 6.07) is 4.98. The summed E-state index contributed by atoms with van der Waals surface area (Å²) in [7, 11) is 1.56. The molecule has 6 fully saturated rings. The van der Waals surface area contributed by atoms with Crippen molar-refractivity contribution < 1.29 is 38.3 Å². The molecule has 5 saturated carbocycles. The van der Waals surface area contributed by atoms with Gasteiger partial charge in [-0.25, -0.2) is 0 Å². The second-order valence-corrected chi connectivity index (χ2v) is 25.7. The standard InChI is InChI=1S/C56H83ClN4O8/c1-33(2)44-39(62)32-56(60-49(66)52(7,8)59-46(63)35-17-16-34(57)30-40(35)67-29-28-61-26-14-13-15-27-61)25-24-54(10)36(45(44)56)18-19-42-53(9)22-21-43(51(5,6)41(53)20-23-55(42,54)11)68-47(64)37-31-38(50(37,3)4)48(65)69-58-12/h16-17,30,33,36-38,41-43,58H,13-15,18-29,31-32H2,1-12H3,(H,59,63)(H,60,66)/t36-,37-,38+,41+,42-,43+,53+,54-,55-,56-/m1/s1. The van der Waals surface area contributed by atoms with Crippen LogP contribution >= 0.6 is 11.6 Å². The van der Waals surface area contributed by atoms with Gasteiger partial charge in [0.25, 0.3) is 5.91 Å². The van der Waals surface area contributed by atoms with E-state index >= 15 is 0 Å². The van der Waals surface area contributed by atoms with Crippen molar-refractivity contribution in [2.45, 2.75) is 177 Å². The molecular weight excluding hydrogens is 892 g/mol. The molecule has 7 aliphatic rings. The Morgan fingerprint density at radius 1 is 0.841 bits per heavy atom. The van der Waals surface area contributed by atoms with E-state index in [1.54, 1.807) is 39.1 Å². The van der Waals surface area contributed by atoms with Gasteiger partial charge >= 0.3 is 11.9 Å². The molecule has 1 heterocycles. The van der Waals surface area contributed by atoms with Crippen LogP contribution in [0.2, 0.25) is 5.02 Å². The van der Waals surface area contributed by atoms with E-state index in [2.05, 4.69) is 69.5 Å². The summed E-state index contributed by atoms with van der Waals surface area (Å²) in [5.41, 5.74) is 1.70. The molecule has 69 heavy (non-hydrogen) atoms. The molecule has 3 N–H and O–H groups in total. The van der Waals surface area contributed by atoms with E-state index in [1.807, 2.05) is 13.8 Å². The van der Waals surface area contributed by atoms with Gasteiger partial charge in [-0.3, -0.25) is 28.9 Å². The number of rotatable bonds is 13. The highest BCUT2D eigenvalue weighted by Gasteiger charge is 2.71. The molecule has 10 atom stereocenters. The molecule has 6 aliphatic carbocycles. The maximum atomic E-state index is 14.8. The van der Waals surface area contributed by atoms with Gasteiger partial charge < -0.3 is 24.9 Å². The van der Waals surface area contributed by atoms with E-state index in [4.69, 9.17) is 25.9 Å². The minimum atomic E-state index is -1.32. The van der Waals surface area contributed by atoms with Crippen molar-refractivity contribution in [3.05, 3.63) is 39.9 Å². The summed E-state index contributed by atoms with van der Waals surface area (Å²) >= 11 is 6.40. The highest BCUT2D eigenvalue weighted by Crippen LogP contribution is 2.76. The second kappa shape index (κ2) is 18.5. The lowest BCUT2D eigenvalue weighted by molar-refractivity contribution is -0.235. The summed E-state index contributed by atoms with van der Waals surface area (Å²) in [5.74, 6) is -0.620. The van der Waals surface area contributed by atoms with Crippen molar-refractivity contribution in [1.29, 1.82) is 0 Å². The molecule has 0 aromatic heterocycles. The minimum Gasteiger partial charge on any atom is -0.491 e. The number of hydroxylamine groups is 1. The van der Waals surface area contributed by atoms with Gasteiger partial charge in [0, 0.05) is 30.5 Å². The number of nitrogens with one attached hydrogen (secondary N) is 3. The van der Waals surface area contributed by atoms with Crippen molar-refractivity contribution in [3.63, 3.8) is 0 Å². The quantitative estimate of drug-likeness (QED) is 0.129. The van der Waals surface area contributed by atoms with E-state index in [0.29, 0.717) is 47.6 Å². The van der Waals surface area contributed by atoms with E-state index in [9.17, 15) is 24.0 Å². The van der Waals surface area contributed by atoms with Crippen LogP contribution in [0.15, 0.2) is 29.3 Å². The molecule has 0 bridgehead atoms. The van der Waals surface area contributed by atoms with Crippen LogP contribution in [0.5, 0.6) is 5.75 Å². The number of carbonyl (C=O) groups is 5. The van der Waals surface area contributed by atoms with Gasteiger partial charge in [0.05, 0.1) is 22.9 Å². The first-order chi connectivity index (χ1) is 32.3. The Bertz CT molecular complexity index is 2250. The fourth-order valence-corrected chi connectivity index (χ4v) is 16.3. The predicted octanol–water partition coefficient (Wildman–Crippen LogP) is 9.81. The molecule has 0 unspecified atom stereocenters. The number of ether oxygens (including phenoxy) is 2. The number of ketones is 1. The number of hydrogen-bond donors (Lipinski definition) is 3. The van der Waals surface area contributed by atoms with Gasteiger partial charge in [0.15, 0.2) is 5.78 Å². The highest BCUT2D eigenvalue weighted by atomic mass is 35.5. The zero-order chi connectivity index (χ0) is 50.3. The Morgan fingerprint density at radius 3 is 2.20 bits per heavy atom. The Balaban J connectivity index is 0.987. The fraction of sp³-hybridized carbons (Fsp3) is 0.768. The number of amides is 2. The van der Waals surface area contributed by atoms with Crippen molar-refractivity contribution >= 4 is 41.1 Å². The molecule has 1 aromatic carbocycles. The largest absolute Gasteiger partial charge is 0.491 e. The molecule has 12 nitrogen and oxygen atoms in total. The lowest BCUT2D eigenvalue weighted by atomic mass is 9.33. The van der Waals surface area contributed by atoms with Crippen molar-refractivity contribution in [3.8, 4) is 5.75 Å². The van der Waals surface area contributed by atoms with Crippen molar-refractivity contribution in [2.75, 3.05) is 33.3 Å². The number of hydrogen-bond acceptors (Lipinski definition) is 10. The average Bonchev–Trinajstić information content (AvgIpc) is 3.56. The second-order valence-electron chi connectivity index (χ2n) is 25.3. The summed E-state index contributed by atoms with van der Waals surface area (Å²) in [6.07, 6.45) is 11.3. The molecule has 0 radical (unpaired) electrons. The number of fused-ring (bicyclic) bond motifs is 7. The van der Waals surface area contributed by atoms with Crippen LogP contribution < -0.4 is 20.9 Å². The fourth-order valence-electron chi connectivity index (χ4n) is 16.1. The predicted molar refractivity (Wildman–Crippen MR) is 267 cm³/mol. The summed E-state index contributed by atoms with van der Waals surface area (Å²) in [4.78, 5) is 77.2. The van der Waals surface area contributed by atoms with Crippen LogP contribution in [-0.2, 0) is 28.8 Å². The number of Topliss-reactive ketones (excluding diaryl/α,β-unsaturated/α-hetero) is 1. The third-order valence-electron chi connectivity index (χ3n) is 20.3. The zero-order valence-corrected chi connectivity index (χ0v) is 44.6. The van der Waals surface area contributed by atoms with Crippen LogP contribution in [0, 0.1) is 62.6 Å².